The Kier molecular flexibility index (Phi) is 4.81. The average molecular weight is 147 g/mol. The Labute approximate surface area is 60.2 Å². The van der Waals surface area contributed by atoms with Crippen molar-refractivity contribution < 1.29 is 4.79 Å². The molecule has 3 heteroatoms. The Morgan fingerprint density at radius 1 is 1.67 bits per heavy atom. The lowest BCUT2D eigenvalue weighted by Gasteiger charge is -1.90. The van der Waals surface area contributed by atoms with E-state index in [1.807, 2.05) is 13.8 Å². The second kappa shape index (κ2) is 4.82. The SMILES string of the molecule is CC.NC1CCSC1=O. The molecule has 1 fully saturated rings. The predicted octanol–water partition coefficient (Wildman–Crippen LogP) is 1.00. The van der Waals surface area contributed by atoms with Crippen LogP contribution < -0.4 is 5.73 Å². The zero-order valence-corrected chi connectivity index (χ0v) is 6.70. The van der Waals surface area contributed by atoms with E-state index in [1.165, 1.54) is 11.8 Å². The molecule has 0 aromatic rings. The summed E-state index contributed by atoms with van der Waals surface area (Å²) in [6, 6.07) is -0.162. The monoisotopic (exact) mass is 147 g/mol. The highest BCUT2D eigenvalue weighted by molar-refractivity contribution is 8.14. The molecule has 9 heavy (non-hydrogen) atoms. The fourth-order valence-corrected chi connectivity index (χ4v) is 1.42. The van der Waals surface area contributed by atoms with Crippen LogP contribution in [0, 0.1) is 0 Å². The van der Waals surface area contributed by atoms with Gasteiger partial charge in [-0.15, -0.1) is 0 Å². The summed E-state index contributed by atoms with van der Waals surface area (Å²) < 4.78 is 0. The summed E-state index contributed by atoms with van der Waals surface area (Å²) in [5.74, 6) is 0.917. The summed E-state index contributed by atoms with van der Waals surface area (Å²) in [6.45, 7) is 4.00. The molecule has 2 nitrogen and oxygen atoms in total. The van der Waals surface area contributed by atoms with Gasteiger partial charge in [-0.3, -0.25) is 4.79 Å². The van der Waals surface area contributed by atoms with Gasteiger partial charge >= 0.3 is 0 Å². The Hall–Kier alpha value is -0.0200. The number of nitrogens with two attached hydrogens (primary N) is 1. The highest BCUT2D eigenvalue weighted by Crippen LogP contribution is 2.16. The Bertz CT molecular complexity index is 95.1. The van der Waals surface area contributed by atoms with E-state index in [1.54, 1.807) is 0 Å². The molecule has 0 aromatic heterocycles. The molecule has 0 aromatic carbocycles. The summed E-state index contributed by atoms with van der Waals surface area (Å²) in [4.78, 5) is 10.4. The highest BCUT2D eigenvalue weighted by Gasteiger charge is 2.19. The standard InChI is InChI=1S/C4H7NOS.C2H6/c5-3-1-2-7-4(3)6;1-2/h3H,1-2,5H2;1-2H3. The van der Waals surface area contributed by atoms with Gasteiger partial charge in [0.15, 0.2) is 0 Å². The lowest BCUT2D eigenvalue weighted by Crippen LogP contribution is -2.22. The zero-order valence-electron chi connectivity index (χ0n) is 5.89. The maximum Gasteiger partial charge on any atom is 0.205 e. The number of carbonyl (C=O) groups excluding carboxylic acids is 1. The molecule has 0 amide bonds. The van der Waals surface area contributed by atoms with E-state index in [-0.39, 0.29) is 11.2 Å². The molecule has 1 unspecified atom stereocenters. The zero-order chi connectivity index (χ0) is 7.28. The van der Waals surface area contributed by atoms with Gasteiger partial charge in [0, 0.05) is 5.75 Å². The van der Waals surface area contributed by atoms with Crippen LogP contribution in [0.4, 0.5) is 0 Å². The number of hydrogen-bond acceptors (Lipinski definition) is 3. The molecule has 1 saturated heterocycles. The summed E-state index contributed by atoms with van der Waals surface area (Å²) >= 11 is 1.34. The van der Waals surface area contributed by atoms with Gasteiger partial charge in [-0.05, 0) is 6.42 Å². The first kappa shape index (κ1) is 8.98. The minimum atomic E-state index is -0.162. The molecule has 0 bridgehead atoms. The lowest BCUT2D eigenvalue weighted by atomic mass is 10.3. The molecule has 1 aliphatic rings. The second-order valence-electron chi connectivity index (χ2n) is 1.56. The van der Waals surface area contributed by atoms with Crippen LogP contribution in [0.5, 0.6) is 0 Å². The molecular weight excluding hydrogens is 134 g/mol. The van der Waals surface area contributed by atoms with Crippen molar-refractivity contribution in [3.63, 3.8) is 0 Å². The molecule has 54 valence electrons. The molecule has 1 heterocycles. The van der Waals surface area contributed by atoms with Crippen molar-refractivity contribution in [2.24, 2.45) is 5.73 Å². The van der Waals surface area contributed by atoms with Crippen LogP contribution in [0.25, 0.3) is 0 Å². The Balaban J connectivity index is 0.000000291. The average Bonchev–Trinajstić information content (AvgIpc) is 2.23. The first-order chi connectivity index (χ1) is 4.30. The van der Waals surface area contributed by atoms with Crippen molar-refractivity contribution in [3.8, 4) is 0 Å². The number of carbonyl (C=O) groups is 1. The smallest absolute Gasteiger partial charge is 0.205 e. The Morgan fingerprint density at radius 3 is 2.33 bits per heavy atom. The van der Waals surface area contributed by atoms with Crippen molar-refractivity contribution in [2.75, 3.05) is 5.75 Å². The van der Waals surface area contributed by atoms with Crippen LogP contribution in [-0.4, -0.2) is 16.9 Å². The van der Waals surface area contributed by atoms with E-state index in [2.05, 4.69) is 0 Å². The molecular formula is C6H13NOS. The van der Waals surface area contributed by atoms with Crippen molar-refractivity contribution in [1.29, 1.82) is 0 Å². The summed E-state index contributed by atoms with van der Waals surface area (Å²) in [5.41, 5.74) is 5.31. The summed E-state index contributed by atoms with van der Waals surface area (Å²) in [6.07, 6.45) is 0.865. The second-order valence-corrected chi connectivity index (χ2v) is 2.66. The lowest BCUT2D eigenvalue weighted by molar-refractivity contribution is -0.111. The molecule has 0 aliphatic carbocycles. The van der Waals surface area contributed by atoms with Gasteiger partial charge in [-0.2, -0.15) is 0 Å². The van der Waals surface area contributed by atoms with E-state index in [4.69, 9.17) is 5.73 Å². The van der Waals surface area contributed by atoms with Gasteiger partial charge in [0.2, 0.25) is 5.12 Å². The van der Waals surface area contributed by atoms with Gasteiger partial charge in [0.25, 0.3) is 0 Å². The summed E-state index contributed by atoms with van der Waals surface area (Å²) in [5, 5.41) is 0.153. The van der Waals surface area contributed by atoms with Gasteiger partial charge in [0.1, 0.15) is 0 Å². The number of hydrogen-bond donors (Lipinski definition) is 1. The van der Waals surface area contributed by atoms with Crippen LogP contribution in [0.3, 0.4) is 0 Å². The van der Waals surface area contributed by atoms with E-state index in [0.717, 1.165) is 12.2 Å². The number of thioether (sulfide) groups is 1. The van der Waals surface area contributed by atoms with Gasteiger partial charge < -0.3 is 5.73 Å². The van der Waals surface area contributed by atoms with Crippen LogP contribution in [0.1, 0.15) is 20.3 Å². The van der Waals surface area contributed by atoms with Crippen molar-refractivity contribution in [3.05, 3.63) is 0 Å². The van der Waals surface area contributed by atoms with Crippen LogP contribution >= 0.6 is 11.8 Å². The Morgan fingerprint density at radius 2 is 2.22 bits per heavy atom. The predicted molar refractivity (Wildman–Crippen MR) is 41.4 cm³/mol. The molecule has 2 N–H and O–H groups in total. The first-order valence-corrected chi connectivity index (χ1v) is 4.21. The molecule has 1 rings (SSSR count). The van der Waals surface area contributed by atoms with Crippen molar-refractivity contribution in [2.45, 2.75) is 26.3 Å². The van der Waals surface area contributed by atoms with E-state index in [0.29, 0.717) is 0 Å². The minimum Gasteiger partial charge on any atom is -0.321 e. The van der Waals surface area contributed by atoms with Crippen LogP contribution in [0.15, 0.2) is 0 Å². The third kappa shape index (κ3) is 2.87. The molecule has 0 saturated carbocycles. The third-order valence-corrected chi connectivity index (χ3v) is 2.00. The van der Waals surface area contributed by atoms with Crippen LogP contribution in [-0.2, 0) is 4.79 Å². The quantitative estimate of drug-likeness (QED) is 0.556. The highest BCUT2D eigenvalue weighted by atomic mass is 32.2. The first-order valence-electron chi connectivity index (χ1n) is 3.23. The minimum absolute atomic E-state index is 0.153. The van der Waals surface area contributed by atoms with Crippen LogP contribution in [0.2, 0.25) is 0 Å². The maximum atomic E-state index is 10.4. The largest absolute Gasteiger partial charge is 0.321 e. The third-order valence-electron chi connectivity index (χ3n) is 0.976. The molecule has 1 aliphatic heterocycles. The number of rotatable bonds is 0. The van der Waals surface area contributed by atoms with Gasteiger partial charge in [-0.1, -0.05) is 25.6 Å². The molecule has 0 radical (unpaired) electrons. The fourth-order valence-electron chi connectivity index (χ4n) is 0.511. The molecule has 1 atom stereocenters. The van der Waals surface area contributed by atoms with Crippen molar-refractivity contribution >= 4 is 16.9 Å². The molecule has 0 spiro atoms. The van der Waals surface area contributed by atoms with E-state index >= 15 is 0 Å². The maximum absolute atomic E-state index is 10.4. The van der Waals surface area contributed by atoms with E-state index in [9.17, 15) is 4.79 Å². The summed E-state index contributed by atoms with van der Waals surface area (Å²) in [7, 11) is 0. The fraction of sp³-hybridized carbons (Fsp3) is 0.833. The van der Waals surface area contributed by atoms with Crippen molar-refractivity contribution in [1.82, 2.24) is 0 Å². The topological polar surface area (TPSA) is 43.1 Å². The van der Waals surface area contributed by atoms with Gasteiger partial charge in [-0.25, -0.2) is 0 Å². The van der Waals surface area contributed by atoms with Gasteiger partial charge in [0.05, 0.1) is 6.04 Å². The van der Waals surface area contributed by atoms with E-state index < -0.39 is 0 Å². The normalized spacial score (nSPS) is 25.2.